The first-order chi connectivity index (χ1) is 6.93. The molecule has 0 aliphatic heterocycles. The van der Waals surface area contributed by atoms with Gasteiger partial charge in [0.05, 0.1) is 0 Å². The monoisotopic (exact) mass is 204 g/mol. The van der Waals surface area contributed by atoms with Gasteiger partial charge in [0.25, 0.3) is 0 Å². The van der Waals surface area contributed by atoms with Crippen LogP contribution in [-0.2, 0) is 4.79 Å². The number of aryl methyl sites for hydroxylation is 1. The van der Waals surface area contributed by atoms with E-state index in [1.165, 1.54) is 6.92 Å². The Balaban J connectivity index is 3.32. The standard InChI is InChI=1S/C12H16N2O/c1-7-4-5-10(6-11(7)14)12(8(2)13)9(3)15/h4-6H,13-14H2,1-3H3. The summed E-state index contributed by atoms with van der Waals surface area (Å²) in [6.45, 7) is 5.14. The molecule has 80 valence electrons. The number of Topliss-reactive ketones (excluding diaryl/α,β-unsaturated/α-hetero) is 1. The Morgan fingerprint density at radius 3 is 2.27 bits per heavy atom. The minimum Gasteiger partial charge on any atom is -0.402 e. The maximum Gasteiger partial charge on any atom is 0.162 e. The highest BCUT2D eigenvalue weighted by atomic mass is 16.1. The Kier molecular flexibility index (Phi) is 3.14. The molecule has 0 spiro atoms. The third-order valence-corrected chi connectivity index (χ3v) is 2.31. The van der Waals surface area contributed by atoms with Gasteiger partial charge < -0.3 is 11.5 Å². The molecule has 3 nitrogen and oxygen atoms in total. The first-order valence-electron chi connectivity index (χ1n) is 4.77. The lowest BCUT2D eigenvalue weighted by atomic mass is 9.99. The van der Waals surface area contributed by atoms with Crippen LogP contribution in [-0.4, -0.2) is 5.78 Å². The van der Waals surface area contributed by atoms with Crippen molar-refractivity contribution >= 4 is 17.0 Å². The molecule has 0 heterocycles. The topological polar surface area (TPSA) is 69.1 Å². The van der Waals surface area contributed by atoms with Crippen LogP contribution in [0.3, 0.4) is 0 Å². The largest absolute Gasteiger partial charge is 0.402 e. The average molecular weight is 204 g/mol. The van der Waals surface area contributed by atoms with Crippen molar-refractivity contribution in [3.05, 3.63) is 35.0 Å². The molecule has 0 bridgehead atoms. The second kappa shape index (κ2) is 4.17. The Hall–Kier alpha value is -1.77. The highest BCUT2D eigenvalue weighted by molar-refractivity contribution is 6.20. The fraction of sp³-hybridized carbons (Fsp3) is 0.250. The van der Waals surface area contributed by atoms with E-state index in [4.69, 9.17) is 11.5 Å². The minimum absolute atomic E-state index is 0.0433. The van der Waals surface area contributed by atoms with Crippen molar-refractivity contribution in [3.8, 4) is 0 Å². The number of rotatable bonds is 2. The molecule has 4 N–H and O–H groups in total. The lowest BCUT2D eigenvalue weighted by Gasteiger charge is -2.08. The highest BCUT2D eigenvalue weighted by Crippen LogP contribution is 2.22. The molecule has 0 saturated carbocycles. The zero-order valence-electron chi connectivity index (χ0n) is 9.29. The fourth-order valence-electron chi connectivity index (χ4n) is 1.50. The minimum atomic E-state index is -0.0433. The van der Waals surface area contributed by atoms with Gasteiger partial charge in [0, 0.05) is 17.0 Å². The van der Waals surface area contributed by atoms with Crippen LogP contribution in [0.15, 0.2) is 23.9 Å². The molecule has 0 aromatic heterocycles. The molecule has 0 saturated heterocycles. The number of ketones is 1. The summed E-state index contributed by atoms with van der Waals surface area (Å²) in [6.07, 6.45) is 0. The molecule has 1 rings (SSSR count). The summed E-state index contributed by atoms with van der Waals surface area (Å²) in [5.41, 5.74) is 15.0. The third kappa shape index (κ3) is 2.37. The number of allylic oxidation sites excluding steroid dienone is 2. The molecule has 1 aromatic carbocycles. The molecule has 3 heteroatoms. The van der Waals surface area contributed by atoms with E-state index in [-0.39, 0.29) is 5.78 Å². The third-order valence-electron chi connectivity index (χ3n) is 2.31. The van der Waals surface area contributed by atoms with Crippen molar-refractivity contribution in [2.75, 3.05) is 5.73 Å². The van der Waals surface area contributed by atoms with E-state index in [0.29, 0.717) is 17.0 Å². The number of nitrogen functional groups attached to an aromatic ring is 1. The Bertz CT molecular complexity index is 429. The molecule has 0 unspecified atom stereocenters. The SMILES string of the molecule is CC(=O)C(=C(C)N)c1ccc(C)c(N)c1. The summed E-state index contributed by atoms with van der Waals surface area (Å²) in [4.78, 5) is 11.4. The normalized spacial score (nSPS) is 12.2. The lowest BCUT2D eigenvalue weighted by Crippen LogP contribution is -2.05. The van der Waals surface area contributed by atoms with Gasteiger partial charge >= 0.3 is 0 Å². The van der Waals surface area contributed by atoms with Crippen molar-refractivity contribution in [3.63, 3.8) is 0 Å². The molecular formula is C12H16N2O. The molecule has 0 amide bonds. The van der Waals surface area contributed by atoms with Crippen molar-refractivity contribution in [2.24, 2.45) is 5.73 Å². The first-order valence-corrected chi connectivity index (χ1v) is 4.77. The zero-order chi connectivity index (χ0) is 11.6. The van der Waals surface area contributed by atoms with Crippen molar-refractivity contribution in [1.29, 1.82) is 0 Å². The predicted octanol–water partition coefficient (Wildman–Crippen LogP) is 1.86. The summed E-state index contributed by atoms with van der Waals surface area (Å²) < 4.78 is 0. The second-order valence-corrected chi connectivity index (χ2v) is 3.69. The van der Waals surface area contributed by atoms with Crippen LogP contribution < -0.4 is 11.5 Å². The molecule has 0 atom stereocenters. The highest BCUT2D eigenvalue weighted by Gasteiger charge is 2.10. The number of benzene rings is 1. The quantitative estimate of drug-likeness (QED) is 0.570. The number of anilines is 1. The Morgan fingerprint density at radius 2 is 1.87 bits per heavy atom. The van der Waals surface area contributed by atoms with E-state index in [2.05, 4.69) is 0 Å². The van der Waals surface area contributed by atoms with Gasteiger partial charge in [-0.25, -0.2) is 0 Å². The van der Waals surface area contributed by atoms with Crippen LogP contribution in [0.1, 0.15) is 25.0 Å². The maximum absolute atomic E-state index is 11.4. The molecular weight excluding hydrogens is 188 g/mol. The van der Waals surface area contributed by atoms with Crippen LogP contribution in [0.5, 0.6) is 0 Å². The first kappa shape index (κ1) is 11.3. The van der Waals surface area contributed by atoms with E-state index in [1.54, 1.807) is 13.0 Å². The molecule has 0 aliphatic carbocycles. The number of nitrogens with two attached hydrogens (primary N) is 2. The smallest absolute Gasteiger partial charge is 0.162 e. The molecule has 15 heavy (non-hydrogen) atoms. The van der Waals surface area contributed by atoms with Crippen LogP contribution in [0, 0.1) is 6.92 Å². The molecule has 0 radical (unpaired) electrons. The average Bonchev–Trinajstić information content (AvgIpc) is 2.10. The molecule has 1 aromatic rings. The number of hydrogen-bond acceptors (Lipinski definition) is 3. The Labute approximate surface area is 89.8 Å². The van der Waals surface area contributed by atoms with Gasteiger partial charge in [-0.1, -0.05) is 12.1 Å². The van der Waals surface area contributed by atoms with Crippen LogP contribution in [0.25, 0.3) is 5.57 Å². The van der Waals surface area contributed by atoms with Gasteiger partial charge in [0.2, 0.25) is 0 Å². The van der Waals surface area contributed by atoms with E-state index in [1.807, 2.05) is 19.1 Å². The number of hydrogen-bond donors (Lipinski definition) is 2. The summed E-state index contributed by atoms with van der Waals surface area (Å²) >= 11 is 0. The van der Waals surface area contributed by atoms with Crippen LogP contribution in [0.2, 0.25) is 0 Å². The molecule has 0 aliphatic rings. The van der Waals surface area contributed by atoms with Crippen molar-refractivity contribution < 1.29 is 4.79 Å². The predicted molar refractivity (Wildman–Crippen MR) is 63.1 cm³/mol. The van der Waals surface area contributed by atoms with Crippen LogP contribution in [0.4, 0.5) is 5.69 Å². The van der Waals surface area contributed by atoms with Gasteiger partial charge in [0.1, 0.15) is 0 Å². The maximum atomic E-state index is 11.4. The lowest BCUT2D eigenvalue weighted by molar-refractivity contribution is -0.111. The summed E-state index contributed by atoms with van der Waals surface area (Å²) in [6, 6.07) is 5.53. The molecule has 0 fully saturated rings. The van der Waals surface area contributed by atoms with Crippen LogP contribution >= 0.6 is 0 Å². The summed E-state index contributed by atoms with van der Waals surface area (Å²) in [5.74, 6) is -0.0433. The van der Waals surface area contributed by atoms with Gasteiger partial charge in [-0.3, -0.25) is 4.79 Å². The number of carbonyl (C=O) groups excluding carboxylic acids is 1. The Morgan fingerprint density at radius 1 is 1.27 bits per heavy atom. The van der Waals surface area contributed by atoms with Gasteiger partial charge in [-0.05, 0) is 38.0 Å². The fourth-order valence-corrected chi connectivity index (χ4v) is 1.50. The van der Waals surface area contributed by atoms with E-state index in [9.17, 15) is 4.79 Å². The van der Waals surface area contributed by atoms with Crippen molar-refractivity contribution in [1.82, 2.24) is 0 Å². The van der Waals surface area contributed by atoms with E-state index >= 15 is 0 Å². The van der Waals surface area contributed by atoms with Gasteiger partial charge in [-0.2, -0.15) is 0 Å². The number of carbonyl (C=O) groups is 1. The zero-order valence-corrected chi connectivity index (χ0v) is 9.29. The van der Waals surface area contributed by atoms with E-state index in [0.717, 1.165) is 11.1 Å². The summed E-state index contributed by atoms with van der Waals surface area (Å²) in [7, 11) is 0. The van der Waals surface area contributed by atoms with E-state index < -0.39 is 0 Å². The second-order valence-electron chi connectivity index (χ2n) is 3.69. The summed E-state index contributed by atoms with van der Waals surface area (Å²) in [5, 5.41) is 0. The van der Waals surface area contributed by atoms with Crippen molar-refractivity contribution in [2.45, 2.75) is 20.8 Å². The van der Waals surface area contributed by atoms with Gasteiger partial charge in [0.15, 0.2) is 5.78 Å². The van der Waals surface area contributed by atoms with Gasteiger partial charge in [-0.15, -0.1) is 0 Å².